The molecule has 4 rings (SSSR count). The predicted molar refractivity (Wildman–Crippen MR) is 109 cm³/mol. The van der Waals surface area contributed by atoms with E-state index in [9.17, 15) is 4.79 Å². The van der Waals surface area contributed by atoms with Crippen molar-refractivity contribution in [3.05, 3.63) is 78.2 Å². The minimum absolute atomic E-state index is 0.133. The molecule has 3 aromatic rings. The molecule has 142 valence electrons. The van der Waals surface area contributed by atoms with Crippen LogP contribution in [-0.2, 0) is 0 Å². The van der Waals surface area contributed by atoms with Crippen LogP contribution in [0.4, 0.5) is 5.69 Å². The van der Waals surface area contributed by atoms with Gasteiger partial charge in [-0.05, 0) is 48.6 Å². The van der Waals surface area contributed by atoms with Crippen LogP contribution in [0, 0.1) is 0 Å². The number of nitrogens with zero attached hydrogens (tertiary/aromatic N) is 2. The van der Waals surface area contributed by atoms with Gasteiger partial charge in [0.25, 0.3) is 5.91 Å². The lowest BCUT2D eigenvalue weighted by molar-refractivity contribution is 0.102. The molecule has 0 spiro atoms. The van der Waals surface area contributed by atoms with E-state index in [0.29, 0.717) is 28.8 Å². The SMILES string of the molecule is O=C(Nc1cccc(Oc2cnccn2)c1)c1ccc(C2CCCCC2)cc1. The summed E-state index contributed by atoms with van der Waals surface area (Å²) >= 11 is 0. The average Bonchev–Trinajstić information content (AvgIpc) is 2.75. The topological polar surface area (TPSA) is 64.1 Å². The second-order valence-electron chi connectivity index (χ2n) is 7.08. The van der Waals surface area contributed by atoms with E-state index in [-0.39, 0.29) is 5.91 Å². The van der Waals surface area contributed by atoms with Crippen molar-refractivity contribution in [2.45, 2.75) is 38.0 Å². The number of rotatable bonds is 5. The van der Waals surface area contributed by atoms with E-state index in [1.165, 1.54) is 37.7 Å². The van der Waals surface area contributed by atoms with Gasteiger partial charge in [0.15, 0.2) is 0 Å². The fraction of sp³-hybridized carbons (Fsp3) is 0.261. The van der Waals surface area contributed by atoms with E-state index in [2.05, 4.69) is 27.4 Å². The van der Waals surface area contributed by atoms with Crippen LogP contribution in [0.2, 0.25) is 0 Å². The van der Waals surface area contributed by atoms with E-state index >= 15 is 0 Å². The standard InChI is InChI=1S/C23H23N3O2/c27-23(19-11-9-18(10-12-19)17-5-2-1-3-6-17)26-20-7-4-8-21(15-20)28-22-16-24-13-14-25-22/h4,7-17H,1-3,5-6H2,(H,26,27). The summed E-state index contributed by atoms with van der Waals surface area (Å²) in [5.74, 6) is 1.50. The maximum absolute atomic E-state index is 12.6. The molecule has 0 radical (unpaired) electrons. The van der Waals surface area contributed by atoms with E-state index in [1.54, 1.807) is 24.7 Å². The van der Waals surface area contributed by atoms with Gasteiger partial charge >= 0.3 is 0 Å². The van der Waals surface area contributed by atoms with Crippen molar-refractivity contribution in [3.63, 3.8) is 0 Å². The summed E-state index contributed by atoms with van der Waals surface area (Å²) in [7, 11) is 0. The Morgan fingerprint density at radius 2 is 1.82 bits per heavy atom. The second kappa shape index (κ2) is 8.65. The van der Waals surface area contributed by atoms with E-state index in [4.69, 9.17) is 4.74 Å². The number of anilines is 1. The van der Waals surface area contributed by atoms with Gasteiger partial charge in [0.05, 0.1) is 6.20 Å². The van der Waals surface area contributed by atoms with Gasteiger partial charge < -0.3 is 10.1 Å². The number of aromatic nitrogens is 2. The molecule has 1 amide bonds. The van der Waals surface area contributed by atoms with Crippen LogP contribution in [0.3, 0.4) is 0 Å². The smallest absolute Gasteiger partial charge is 0.255 e. The van der Waals surface area contributed by atoms with Crippen LogP contribution in [0.25, 0.3) is 0 Å². The van der Waals surface area contributed by atoms with Crippen molar-refractivity contribution < 1.29 is 9.53 Å². The summed E-state index contributed by atoms with van der Waals surface area (Å²) in [6, 6.07) is 15.3. The summed E-state index contributed by atoms with van der Waals surface area (Å²) in [6.45, 7) is 0. The lowest BCUT2D eigenvalue weighted by Crippen LogP contribution is -2.12. The molecule has 2 aromatic carbocycles. The highest BCUT2D eigenvalue weighted by Gasteiger charge is 2.16. The van der Waals surface area contributed by atoms with Crippen LogP contribution in [0.5, 0.6) is 11.6 Å². The van der Waals surface area contributed by atoms with Crippen molar-refractivity contribution in [1.82, 2.24) is 9.97 Å². The van der Waals surface area contributed by atoms with Crippen LogP contribution < -0.4 is 10.1 Å². The highest BCUT2D eigenvalue weighted by Crippen LogP contribution is 2.32. The van der Waals surface area contributed by atoms with Gasteiger partial charge in [-0.3, -0.25) is 9.78 Å². The van der Waals surface area contributed by atoms with Crippen LogP contribution in [-0.4, -0.2) is 15.9 Å². The summed E-state index contributed by atoms with van der Waals surface area (Å²) < 4.78 is 5.66. The zero-order chi connectivity index (χ0) is 19.2. The largest absolute Gasteiger partial charge is 0.437 e. The Balaban J connectivity index is 1.41. The predicted octanol–water partition coefficient (Wildman–Crippen LogP) is 5.57. The Hall–Kier alpha value is -3.21. The first-order valence-corrected chi connectivity index (χ1v) is 9.73. The van der Waals surface area contributed by atoms with Gasteiger partial charge in [0.2, 0.25) is 5.88 Å². The molecule has 1 aliphatic carbocycles. The van der Waals surface area contributed by atoms with Crippen LogP contribution in [0.15, 0.2) is 67.1 Å². The third-order valence-electron chi connectivity index (χ3n) is 5.10. The van der Waals surface area contributed by atoms with Gasteiger partial charge in [-0.15, -0.1) is 0 Å². The normalized spacial score (nSPS) is 14.4. The number of nitrogens with one attached hydrogen (secondary N) is 1. The molecular weight excluding hydrogens is 350 g/mol. The molecule has 1 fully saturated rings. The zero-order valence-corrected chi connectivity index (χ0v) is 15.7. The first kappa shape index (κ1) is 18.2. The molecule has 0 saturated heterocycles. The molecular formula is C23H23N3O2. The zero-order valence-electron chi connectivity index (χ0n) is 15.7. The van der Waals surface area contributed by atoms with Crippen LogP contribution in [0.1, 0.15) is 53.9 Å². The molecule has 0 unspecified atom stereocenters. The highest BCUT2D eigenvalue weighted by atomic mass is 16.5. The van der Waals surface area contributed by atoms with Crippen molar-refractivity contribution in [2.24, 2.45) is 0 Å². The lowest BCUT2D eigenvalue weighted by atomic mass is 9.84. The average molecular weight is 373 g/mol. The first-order chi connectivity index (χ1) is 13.8. The maximum atomic E-state index is 12.6. The minimum Gasteiger partial charge on any atom is -0.437 e. The van der Waals surface area contributed by atoms with Crippen molar-refractivity contribution in [3.8, 4) is 11.6 Å². The minimum atomic E-state index is -0.133. The van der Waals surface area contributed by atoms with Crippen LogP contribution >= 0.6 is 0 Å². The maximum Gasteiger partial charge on any atom is 0.255 e. The Morgan fingerprint density at radius 3 is 2.57 bits per heavy atom. The van der Waals surface area contributed by atoms with Crippen molar-refractivity contribution >= 4 is 11.6 Å². The summed E-state index contributed by atoms with van der Waals surface area (Å²) in [4.78, 5) is 20.7. The molecule has 5 nitrogen and oxygen atoms in total. The fourth-order valence-electron chi connectivity index (χ4n) is 3.64. The highest BCUT2D eigenvalue weighted by molar-refractivity contribution is 6.04. The van der Waals surface area contributed by atoms with Gasteiger partial charge in [0, 0.05) is 29.7 Å². The van der Waals surface area contributed by atoms with Gasteiger partial charge in [-0.1, -0.05) is 37.5 Å². The third kappa shape index (κ3) is 4.55. The molecule has 1 heterocycles. The summed E-state index contributed by atoms with van der Waals surface area (Å²) in [6.07, 6.45) is 11.2. The number of ether oxygens (including phenoxy) is 1. The Bertz CT molecular complexity index is 920. The Morgan fingerprint density at radius 1 is 1.00 bits per heavy atom. The fourth-order valence-corrected chi connectivity index (χ4v) is 3.64. The molecule has 1 aliphatic rings. The number of hydrogen-bond acceptors (Lipinski definition) is 4. The molecule has 5 heteroatoms. The Kier molecular flexibility index (Phi) is 5.61. The van der Waals surface area contributed by atoms with E-state index in [0.717, 1.165) is 0 Å². The quantitative estimate of drug-likeness (QED) is 0.635. The monoisotopic (exact) mass is 373 g/mol. The van der Waals surface area contributed by atoms with Gasteiger partial charge in [-0.25, -0.2) is 4.98 Å². The first-order valence-electron chi connectivity index (χ1n) is 9.73. The number of hydrogen-bond donors (Lipinski definition) is 1. The van der Waals surface area contributed by atoms with Crippen molar-refractivity contribution in [2.75, 3.05) is 5.32 Å². The number of benzene rings is 2. The van der Waals surface area contributed by atoms with E-state index in [1.807, 2.05) is 30.3 Å². The Labute approximate surface area is 164 Å². The van der Waals surface area contributed by atoms with Crippen molar-refractivity contribution in [1.29, 1.82) is 0 Å². The van der Waals surface area contributed by atoms with E-state index < -0.39 is 0 Å². The number of carbonyl (C=O) groups excluding carboxylic acids is 1. The summed E-state index contributed by atoms with van der Waals surface area (Å²) in [5, 5.41) is 2.93. The lowest BCUT2D eigenvalue weighted by Gasteiger charge is -2.22. The third-order valence-corrected chi connectivity index (χ3v) is 5.10. The van der Waals surface area contributed by atoms with Gasteiger partial charge in [-0.2, -0.15) is 0 Å². The molecule has 0 aliphatic heterocycles. The molecule has 0 bridgehead atoms. The number of amides is 1. The summed E-state index contributed by atoms with van der Waals surface area (Å²) in [5.41, 5.74) is 2.66. The van der Waals surface area contributed by atoms with Gasteiger partial charge in [0.1, 0.15) is 5.75 Å². The molecule has 1 N–H and O–H groups in total. The second-order valence-corrected chi connectivity index (χ2v) is 7.08. The molecule has 0 atom stereocenters. The number of carbonyl (C=O) groups is 1. The molecule has 28 heavy (non-hydrogen) atoms. The molecule has 1 aromatic heterocycles. The molecule has 1 saturated carbocycles.